The molecule has 100 valence electrons. The summed E-state index contributed by atoms with van der Waals surface area (Å²) in [4.78, 5) is 7.48. The number of hydrogen-bond donors (Lipinski definition) is 5. The lowest BCUT2D eigenvalue weighted by Gasteiger charge is -1.96. The highest BCUT2D eigenvalue weighted by Crippen LogP contribution is 2.23. The van der Waals surface area contributed by atoms with Gasteiger partial charge in [0.05, 0.1) is 11.0 Å². The lowest BCUT2D eigenvalue weighted by molar-refractivity contribution is 0.567. The third-order valence-corrected chi connectivity index (χ3v) is 2.90. The van der Waals surface area contributed by atoms with Gasteiger partial charge in [0.25, 0.3) is 0 Å². The number of nitrogens with two attached hydrogens (primary N) is 2. The van der Waals surface area contributed by atoms with Crippen molar-refractivity contribution in [2.75, 3.05) is 0 Å². The third-order valence-electron chi connectivity index (χ3n) is 2.90. The largest absolute Gasteiger partial charge is 0.450 e. The van der Waals surface area contributed by atoms with Gasteiger partial charge in [0, 0.05) is 5.56 Å². The molecule has 2 heterocycles. The number of H-pyrrole nitrogens is 1. The first-order valence-corrected chi connectivity index (χ1v) is 5.83. The quantitative estimate of drug-likeness (QED) is 0.361. The zero-order valence-electron chi connectivity index (χ0n) is 10.4. The van der Waals surface area contributed by atoms with Gasteiger partial charge < -0.3 is 20.9 Å². The molecule has 0 unspecified atom stereocenters. The maximum Gasteiger partial charge on any atom is 0.174 e. The van der Waals surface area contributed by atoms with Crippen molar-refractivity contribution >= 4 is 22.7 Å². The number of fused-ring (bicyclic) bond motifs is 1. The number of aromatic nitrogens is 2. The van der Waals surface area contributed by atoms with Gasteiger partial charge in [-0.15, -0.1) is 0 Å². The Hall–Kier alpha value is -3.09. The molecule has 0 spiro atoms. The molecule has 2 aromatic heterocycles. The molecule has 20 heavy (non-hydrogen) atoms. The smallest absolute Gasteiger partial charge is 0.174 e. The minimum Gasteiger partial charge on any atom is -0.450 e. The lowest BCUT2D eigenvalue weighted by atomic mass is 10.2. The molecule has 7 N–H and O–H groups in total. The van der Waals surface area contributed by atoms with Crippen LogP contribution in [0.2, 0.25) is 0 Å². The summed E-state index contributed by atoms with van der Waals surface area (Å²) >= 11 is 0. The van der Waals surface area contributed by atoms with Crippen molar-refractivity contribution in [1.82, 2.24) is 9.97 Å². The topological polar surface area (TPSA) is 142 Å². The predicted molar refractivity (Wildman–Crippen MR) is 75.8 cm³/mol. The summed E-state index contributed by atoms with van der Waals surface area (Å²) in [6.45, 7) is 0. The van der Waals surface area contributed by atoms with Crippen molar-refractivity contribution in [3.8, 4) is 11.6 Å². The molecule has 0 aliphatic heterocycles. The first kappa shape index (κ1) is 12.0. The van der Waals surface area contributed by atoms with E-state index in [1.165, 1.54) is 0 Å². The molecule has 0 radical (unpaired) electrons. The highest BCUT2D eigenvalue weighted by Gasteiger charge is 2.11. The Labute approximate surface area is 113 Å². The summed E-state index contributed by atoms with van der Waals surface area (Å²) in [5, 5.41) is 14.7. The molecule has 3 rings (SSSR count). The minimum absolute atomic E-state index is 0.0000791. The van der Waals surface area contributed by atoms with E-state index in [0.29, 0.717) is 22.9 Å². The van der Waals surface area contributed by atoms with Crippen LogP contribution in [0.4, 0.5) is 0 Å². The first-order chi connectivity index (χ1) is 9.54. The van der Waals surface area contributed by atoms with Gasteiger partial charge in [0.15, 0.2) is 23.2 Å². The number of rotatable bonds is 3. The van der Waals surface area contributed by atoms with Crippen molar-refractivity contribution in [3.05, 3.63) is 41.7 Å². The van der Waals surface area contributed by atoms with Gasteiger partial charge >= 0.3 is 0 Å². The number of benzene rings is 1. The van der Waals surface area contributed by atoms with E-state index in [0.717, 1.165) is 11.0 Å². The van der Waals surface area contributed by atoms with Crippen LogP contribution >= 0.6 is 0 Å². The number of nitrogens with one attached hydrogen (secondary N) is 3. The average molecular weight is 268 g/mol. The molecule has 0 aliphatic rings. The van der Waals surface area contributed by atoms with Crippen LogP contribution in [0.3, 0.4) is 0 Å². The first-order valence-electron chi connectivity index (χ1n) is 5.83. The van der Waals surface area contributed by atoms with Crippen LogP contribution in [0.1, 0.15) is 11.3 Å². The van der Waals surface area contributed by atoms with Crippen molar-refractivity contribution < 1.29 is 4.42 Å². The highest BCUT2D eigenvalue weighted by molar-refractivity contribution is 5.98. The molecule has 0 aliphatic carbocycles. The van der Waals surface area contributed by atoms with E-state index in [4.69, 9.17) is 26.7 Å². The van der Waals surface area contributed by atoms with Crippen molar-refractivity contribution in [1.29, 1.82) is 10.8 Å². The van der Waals surface area contributed by atoms with Gasteiger partial charge in [0.1, 0.15) is 5.84 Å². The summed E-state index contributed by atoms with van der Waals surface area (Å²) in [7, 11) is 0. The van der Waals surface area contributed by atoms with Crippen molar-refractivity contribution in [2.24, 2.45) is 11.5 Å². The summed E-state index contributed by atoms with van der Waals surface area (Å²) in [6.07, 6.45) is 0. The van der Waals surface area contributed by atoms with Gasteiger partial charge in [-0.1, -0.05) is 0 Å². The second-order valence-electron chi connectivity index (χ2n) is 4.31. The molecule has 3 aromatic rings. The van der Waals surface area contributed by atoms with E-state index in [2.05, 4.69) is 9.97 Å². The molecular weight excluding hydrogens is 256 g/mol. The molecular formula is C13H12N6O. The van der Waals surface area contributed by atoms with Crippen LogP contribution in [0.25, 0.3) is 22.6 Å². The zero-order chi connectivity index (χ0) is 14.3. The molecule has 0 atom stereocenters. The second-order valence-corrected chi connectivity index (χ2v) is 4.31. The van der Waals surface area contributed by atoms with Crippen LogP contribution < -0.4 is 11.5 Å². The Morgan fingerprint density at radius 2 is 1.90 bits per heavy atom. The molecule has 0 bridgehead atoms. The van der Waals surface area contributed by atoms with Crippen molar-refractivity contribution in [2.45, 2.75) is 0 Å². The average Bonchev–Trinajstić information content (AvgIpc) is 3.04. The Morgan fingerprint density at radius 3 is 2.55 bits per heavy atom. The maximum atomic E-state index is 7.42. The molecule has 7 nitrogen and oxygen atoms in total. The Bertz CT molecular complexity index is 828. The van der Waals surface area contributed by atoms with E-state index >= 15 is 0 Å². The Balaban J connectivity index is 2.07. The Kier molecular flexibility index (Phi) is 2.53. The fourth-order valence-electron chi connectivity index (χ4n) is 1.90. The van der Waals surface area contributed by atoms with E-state index < -0.39 is 0 Å². The second kappa shape index (κ2) is 4.23. The third kappa shape index (κ3) is 1.91. The minimum atomic E-state index is -0.133. The highest BCUT2D eigenvalue weighted by atomic mass is 16.3. The fraction of sp³-hybridized carbons (Fsp3) is 0. The number of nitrogen functional groups attached to an aromatic ring is 2. The van der Waals surface area contributed by atoms with E-state index in [1.54, 1.807) is 30.3 Å². The molecule has 0 saturated carbocycles. The lowest BCUT2D eigenvalue weighted by Crippen LogP contribution is -2.10. The number of amidine groups is 2. The van der Waals surface area contributed by atoms with Gasteiger partial charge in [-0.05, 0) is 30.3 Å². The maximum absolute atomic E-state index is 7.42. The molecule has 0 fully saturated rings. The molecule has 0 saturated heterocycles. The number of hydrogen-bond acceptors (Lipinski definition) is 4. The summed E-state index contributed by atoms with van der Waals surface area (Å²) in [5.41, 5.74) is 12.9. The van der Waals surface area contributed by atoms with Crippen LogP contribution in [0.5, 0.6) is 0 Å². The molecule has 1 aromatic carbocycles. The van der Waals surface area contributed by atoms with E-state index in [9.17, 15) is 0 Å². The number of nitrogens with zero attached hydrogens (tertiary/aromatic N) is 1. The fourth-order valence-corrected chi connectivity index (χ4v) is 1.90. The Morgan fingerprint density at radius 1 is 1.10 bits per heavy atom. The van der Waals surface area contributed by atoms with Gasteiger partial charge in [-0.2, -0.15) is 0 Å². The van der Waals surface area contributed by atoms with Gasteiger partial charge in [-0.3, -0.25) is 10.8 Å². The van der Waals surface area contributed by atoms with E-state index in [1.807, 2.05) is 0 Å². The van der Waals surface area contributed by atoms with Gasteiger partial charge in [-0.25, -0.2) is 4.98 Å². The number of furan rings is 1. The zero-order valence-corrected chi connectivity index (χ0v) is 10.4. The summed E-state index contributed by atoms with van der Waals surface area (Å²) < 4.78 is 5.43. The van der Waals surface area contributed by atoms with Crippen LogP contribution in [-0.2, 0) is 0 Å². The van der Waals surface area contributed by atoms with Crippen LogP contribution in [-0.4, -0.2) is 21.6 Å². The number of aromatic amines is 1. The standard InChI is InChI=1S/C13H12N6O/c14-11(15)6-1-2-7-8(5-6)19-13(18-7)10-4-3-9(20-10)12(16)17/h1-5H,(H3,14,15)(H3,16,17)(H,18,19). The normalized spacial score (nSPS) is 10.8. The molecule has 7 heteroatoms. The number of imidazole rings is 1. The SMILES string of the molecule is N=C(N)c1ccc2nc(-c3ccc(C(=N)N)o3)[nH]c2c1. The summed E-state index contributed by atoms with van der Waals surface area (Å²) in [6, 6.07) is 8.58. The predicted octanol–water partition coefficient (Wildman–Crippen LogP) is 1.39. The van der Waals surface area contributed by atoms with Crippen LogP contribution in [0.15, 0.2) is 34.7 Å². The molecule has 0 amide bonds. The van der Waals surface area contributed by atoms with E-state index in [-0.39, 0.29) is 11.7 Å². The van der Waals surface area contributed by atoms with Crippen molar-refractivity contribution in [3.63, 3.8) is 0 Å². The summed E-state index contributed by atoms with van der Waals surface area (Å²) in [5.74, 6) is 1.19. The van der Waals surface area contributed by atoms with Crippen LogP contribution in [0, 0.1) is 10.8 Å². The van der Waals surface area contributed by atoms with Gasteiger partial charge in [0.2, 0.25) is 0 Å². The monoisotopic (exact) mass is 268 g/mol.